The SMILES string of the molecule is C1=Nc2ccccc2CN1C[C@H]1CCCNC1. The summed E-state index contributed by atoms with van der Waals surface area (Å²) in [6.07, 6.45) is 4.67. The van der Waals surface area contributed by atoms with Gasteiger partial charge in [0.1, 0.15) is 0 Å². The van der Waals surface area contributed by atoms with Crippen molar-refractivity contribution in [2.45, 2.75) is 19.4 Å². The lowest BCUT2D eigenvalue weighted by Gasteiger charge is -2.30. The first-order valence-corrected chi connectivity index (χ1v) is 6.49. The Balaban J connectivity index is 1.64. The van der Waals surface area contributed by atoms with Crippen LogP contribution in [-0.2, 0) is 6.54 Å². The minimum absolute atomic E-state index is 0.778. The summed E-state index contributed by atoms with van der Waals surface area (Å²) in [6.45, 7) is 4.49. The number of hydrogen-bond donors (Lipinski definition) is 1. The van der Waals surface area contributed by atoms with E-state index in [1.54, 1.807) is 0 Å². The third kappa shape index (κ3) is 2.50. The summed E-state index contributed by atoms with van der Waals surface area (Å²) in [5.41, 5.74) is 2.48. The molecule has 3 nitrogen and oxygen atoms in total. The Morgan fingerprint density at radius 2 is 2.29 bits per heavy atom. The van der Waals surface area contributed by atoms with Crippen LogP contribution in [-0.4, -0.2) is 30.9 Å². The second kappa shape index (κ2) is 4.88. The summed E-state index contributed by atoms with van der Waals surface area (Å²) in [5.74, 6) is 0.778. The summed E-state index contributed by atoms with van der Waals surface area (Å²) >= 11 is 0. The molecule has 2 heterocycles. The van der Waals surface area contributed by atoms with Crippen molar-refractivity contribution in [3.8, 4) is 0 Å². The number of piperidine rings is 1. The average molecular weight is 229 g/mol. The number of para-hydroxylation sites is 1. The van der Waals surface area contributed by atoms with Crippen LogP contribution >= 0.6 is 0 Å². The predicted molar refractivity (Wildman–Crippen MR) is 70.6 cm³/mol. The zero-order chi connectivity index (χ0) is 11.5. The quantitative estimate of drug-likeness (QED) is 0.841. The second-order valence-corrected chi connectivity index (χ2v) is 5.02. The summed E-state index contributed by atoms with van der Waals surface area (Å²) in [4.78, 5) is 6.87. The van der Waals surface area contributed by atoms with Crippen molar-refractivity contribution in [2.24, 2.45) is 10.9 Å². The lowest BCUT2D eigenvalue weighted by molar-refractivity contribution is 0.285. The molecule has 0 saturated carbocycles. The molecule has 2 aliphatic heterocycles. The first-order valence-electron chi connectivity index (χ1n) is 6.49. The molecule has 1 fully saturated rings. The summed E-state index contributed by atoms with van der Waals surface area (Å²) in [7, 11) is 0. The highest BCUT2D eigenvalue weighted by Gasteiger charge is 2.18. The molecule has 0 unspecified atom stereocenters. The maximum Gasteiger partial charge on any atom is 0.0915 e. The van der Waals surface area contributed by atoms with Gasteiger partial charge in [0.2, 0.25) is 0 Å². The third-order valence-corrected chi connectivity index (χ3v) is 3.62. The lowest BCUT2D eigenvalue weighted by Crippen LogP contribution is -2.38. The molecular formula is C14H19N3. The van der Waals surface area contributed by atoms with Gasteiger partial charge >= 0.3 is 0 Å². The van der Waals surface area contributed by atoms with Gasteiger partial charge < -0.3 is 10.2 Å². The molecule has 0 aliphatic carbocycles. The lowest BCUT2D eigenvalue weighted by atomic mass is 9.99. The smallest absolute Gasteiger partial charge is 0.0915 e. The van der Waals surface area contributed by atoms with Gasteiger partial charge in [-0.3, -0.25) is 0 Å². The Morgan fingerprint density at radius 3 is 3.18 bits per heavy atom. The Labute approximate surface area is 103 Å². The zero-order valence-electron chi connectivity index (χ0n) is 10.1. The summed E-state index contributed by atoms with van der Waals surface area (Å²) in [6, 6.07) is 8.42. The van der Waals surface area contributed by atoms with Gasteiger partial charge in [0.15, 0.2) is 0 Å². The maximum atomic E-state index is 4.52. The number of hydrogen-bond acceptors (Lipinski definition) is 3. The third-order valence-electron chi connectivity index (χ3n) is 3.62. The molecule has 3 heteroatoms. The number of fused-ring (bicyclic) bond motifs is 1. The first kappa shape index (κ1) is 10.8. The van der Waals surface area contributed by atoms with Crippen molar-refractivity contribution >= 4 is 12.0 Å². The topological polar surface area (TPSA) is 27.6 Å². The standard InChI is InChI=1S/C14H19N3/c1-2-6-14-13(5-1)10-17(11-16-14)9-12-4-3-7-15-8-12/h1-2,5-6,11-12,15H,3-4,7-10H2/t12-/m0/s1. The first-order chi connectivity index (χ1) is 8.42. The van der Waals surface area contributed by atoms with Gasteiger partial charge in [-0.2, -0.15) is 0 Å². The summed E-state index contributed by atoms with van der Waals surface area (Å²) < 4.78 is 0. The van der Waals surface area contributed by atoms with E-state index in [1.165, 1.54) is 24.9 Å². The van der Waals surface area contributed by atoms with E-state index >= 15 is 0 Å². The van der Waals surface area contributed by atoms with Crippen LogP contribution in [0, 0.1) is 5.92 Å². The molecule has 1 atom stereocenters. The van der Waals surface area contributed by atoms with Gasteiger partial charge in [0.05, 0.1) is 12.0 Å². The molecule has 1 aromatic rings. The summed E-state index contributed by atoms with van der Waals surface area (Å²) in [5, 5.41) is 3.47. The van der Waals surface area contributed by atoms with Crippen molar-refractivity contribution in [1.82, 2.24) is 10.2 Å². The molecule has 0 amide bonds. The van der Waals surface area contributed by atoms with E-state index in [1.807, 2.05) is 6.34 Å². The van der Waals surface area contributed by atoms with Gasteiger partial charge in [-0.05, 0) is 43.5 Å². The maximum absolute atomic E-state index is 4.52. The molecule has 0 radical (unpaired) electrons. The molecule has 3 rings (SSSR count). The zero-order valence-corrected chi connectivity index (χ0v) is 10.1. The van der Waals surface area contributed by atoms with Gasteiger partial charge in [-0.25, -0.2) is 4.99 Å². The van der Waals surface area contributed by atoms with Crippen LogP contribution in [0.15, 0.2) is 29.3 Å². The Bertz CT molecular complexity index is 408. The second-order valence-electron chi connectivity index (χ2n) is 5.02. The van der Waals surface area contributed by atoms with Crippen LogP contribution in [0.1, 0.15) is 18.4 Å². The van der Waals surface area contributed by atoms with Crippen LogP contribution in [0.3, 0.4) is 0 Å². The van der Waals surface area contributed by atoms with Crippen molar-refractivity contribution in [1.29, 1.82) is 0 Å². The highest BCUT2D eigenvalue weighted by Crippen LogP contribution is 2.24. The molecule has 1 saturated heterocycles. The Hall–Kier alpha value is -1.35. The van der Waals surface area contributed by atoms with Crippen LogP contribution in [0.25, 0.3) is 0 Å². The number of aliphatic imine (C=N–C) groups is 1. The highest BCUT2D eigenvalue weighted by molar-refractivity contribution is 5.66. The monoisotopic (exact) mass is 229 g/mol. The van der Waals surface area contributed by atoms with E-state index in [0.717, 1.165) is 31.2 Å². The molecule has 0 bridgehead atoms. The van der Waals surface area contributed by atoms with Crippen LogP contribution in [0.5, 0.6) is 0 Å². The molecular weight excluding hydrogens is 210 g/mol. The minimum atomic E-state index is 0.778. The van der Waals surface area contributed by atoms with Crippen molar-refractivity contribution in [3.05, 3.63) is 29.8 Å². The van der Waals surface area contributed by atoms with Crippen molar-refractivity contribution < 1.29 is 0 Å². The van der Waals surface area contributed by atoms with E-state index in [2.05, 4.69) is 39.5 Å². The molecule has 17 heavy (non-hydrogen) atoms. The molecule has 1 N–H and O–H groups in total. The van der Waals surface area contributed by atoms with Gasteiger partial charge in [0, 0.05) is 13.1 Å². The average Bonchev–Trinajstić information content (AvgIpc) is 2.40. The van der Waals surface area contributed by atoms with E-state index in [0.29, 0.717) is 0 Å². The van der Waals surface area contributed by atoms with Crippen LogP contribution in [0.2, 0.25) is 0 Å². The molecule has 1 aromatic carbocycles. The number of benzene rings is 1. The Kier molecular flexibility index (Phi) is 3.10. The number of nitrogens with zero attached hydrogens (tertiary/aromatic N) is 2. The fourth-order valence-electron chi connectivity index (χ4n) is 2.70. The molecule has 90 valence electrons. The van der Waals surface area contributed by atoms with E-state index in [-0.39, 0.29) is 0 Å². The molecule has 0 aromatic heterocycles. The van der Waals surface area contributed by atoms with E-state index in [9.17, 15) is 0 Å². The van der Waals surface area contributed by atoms with E-state index < -0.39 is 0 Å². The number of rotatable bonds is 2. The van der Waals surface area contributed by atoms with Crippen molar-refractivity contribution in [2.75, 3.05) is 19.6 Å². The van der Waals surface area contributed by atoms with Gasteiger partial charge in [-0.15, -0.1) is 0 Å². The Morgan fingerprint density at radius 1 is 1.35 bits per heavy atom. The fraction of sp³-hybridized carbons (Fsp3) is 0.500. The number of nitrogens with one attached hydrogen (secondary N) is 1. The molecule has 2 aliphatic rings. The van der Waals surface area contributed by atoms with E-state index in [4.69, 9.17) is 0 Å². The molecule has 0 spiro atoms. The van der Waals surface area contributed by atoms with Gasteiger partial charge in [-0.1, -0.05) is 18.2 Å². The minimum Gasteiger partial charge on any atom is -0.358 e. The largest absolute Gasteiger partial charge is 0.358 e. The van der Waals surface area contributed by atoms with Gasteiger partial charge in [0.25, 0.3) is 0 Å². The fourth-order valence-corrected chi connectivity index (χ4v) is 2.70. The van der Waals surface area contributed by atoms with Crippen LogP contribution < -0.4 is 5.32 Å². The van der Waals surface area contributed by atoms with Crippen LogP contribution in [0.4, 0.5) is 5.69 Å². The normalized spacial score (nSPS) is 23.5. The highest BCUT2D eigenvalue weighted by atomic mass is 15.2. The predicted octanol–water partition coefficient (Wildman–Crippen LogP) is 2.16. The van der Waals surface area contributed by atoms with Crippen molar-refractivity contribution in [3.63, 3.8) is 0 Å².